The van der Waals surface area contributed by atoms with Gasteiger partial charge in [-0.3, -0.25) is 19.2 Å². The first-order valence-electron chi connectivity index (χ1n) is 25.2. The van der Waals surface area contributed by atoms with Gasteiger partial charge in [0.2, 0.25) is 17.7 Å². The molecule has 0 radical (unpaired) electrons. The van der Waals surface area contributed by atoms with Crippen molar-refractivity contribution in [3.05, 3.63) is 71.8 Å². The minimum Gasteiger partial charge on any atom is -0.461 e. The molecular formula is C52H82N4O11. The van der Waals surface area contributed by atoms with E-state index in [1.165, 1.54) is 69.6 Å². The monoisotopic (exact) mass is 939 g/mol. The highest BCUT2D eigenvalue weighted by Gasteiger charge is 2.48. The summed E-state index contributed by atoms with van der Waals surface area (Å²) in [6.07, 6.45) is 13.4. The average Bonchev–Trinajstić information content (AvgIpc) is 3.33. The van der Waals surface area contributed by atoms with Crippen molar-refractivity contribution in [1.82, 2.24) is 20.9 Å². The van der Waals surface area contributed by atoms with Crippen molar-refractivity contribution in [1.29, 1.82) is 0 Å². The van der Waals surface area contributed by atoms with Crippen LogP contribution in [-0.2, 0) is 46.6 Å². The predicted octanol–water partition coefficient (Wildman–Crippen LogP) is 7.51. The summed E-state index contributed by atoms with van der Waals surface area (Å²) >= 11 is 0. The number of hydrogen-bond acceptors (Lipinski definition) is 11. The third-order valence-electron chi connectivity index (χ3n) is 12.3. The third kappa shape index (κ3) is 22.4. The third-order valence-corrected chi connectivity index (χ3v) is 12.3. The van der Waals surface area contributed by atoms with Crippen LogP contribution in [-0.4, -0.2) is 106 Å². The fourth-order valence-corrected chi connectivity index (χ4v) is 8.16. The van der Waals surface area contributed by atoms with E-state index in [9.17, 15) is 39.3 Å². The van der Waals surface area contributed by atoms with E-state index >= 15 is 0 Å². The van der Waals surface area contributed by atoms with E-state index in [-0.39, 0.29) is 32.1 Å². The molecule has 376 valence electrons. The van der Waals surface area contributed by atoms with E-state index in [1.807, 2.05) is 12.1 Å². The van der Waals surface area contributed by atoms with E-state index < -0.39 is 79.6 Å². The van der Waals surface area contributed by atoms with E-state index in [0.717, 1.165) is 51.4 Å². The summed E-state index contributed by atoms with van der Waals surface area (Å²) in [4.78, 5) is 69.3. The van der Waals surface area contributed by atoms with Gasteiger partial charge in [0.15, 0.2) is 6.23 Å². The van der Waals surface area contributed by atoms with Crippen molar-refractivity contribution in [2.75, 3.05) is 13.2 Å². The fraction of sp³-hybridized carbons (Fsp3) is 0.673. The number of rotatable bonds is 34. The van der Waals surface area contributed by atoms with Gasteiger partial charge in [0.1, 0.15) is 49.7 Å². The van der Waals surface area contributed by atoms with Crippen molar-refractivity contribution in [3.8, 4) is 0 Å². The number of amides is 4. The number of ether oxygens (including phenoxy) is 3. The van der Waals surface area contributed by atoms with Crippen LogP contribution >= 0.6 is 0 Å². The highest BCUT2D eigenvalue weighted by Crippen LogP contribution is 2.26. The molecule has 0 unspecified atom stereocenters. The first-order valence-corrected chi connectivity index (χ1v) is 25.2. The van der Waals surface area contributed by atoms with Gasteiger partial charge in [0.25, 0.3) is 0 Å². The zero-order valence-corrected chi connectivity index (χ0v) is 40.5. The van der Waals surface area contributed by atoms with Gasteiger partial charge in [0.05, 0.1) is 13.0 Å². The molecule has 0 saturated carbocycles. The Morgan fingerprint density at radius 1 is 0.642 bits per heavy atom. The second kappa shape index (κ2) is 33.8. The Bertz CT molecular complexity index is 1630. The van der Waals surface area contributed by atoms with E-state index in [4.69, 9.17) is 14.2 Å². The maximum absolute atomic E-state index is 14.1. The van der Waals surface area contributed by atoms with Crippen LogP contribution in [0.5, 0.6) is 0 Å². The molecule has 0 spiro atoms. The smallest absolute Gasteiger partial charge is 0.408 e. The number of esters is 1. The molecule has 15 heteroatoms. The number of aliphatic hydroxyl groups excluding tert-OH is 3. The Morgan fingerprint density at radius 3 is 1.66 bits per heavy atom. The van der Waals surface area contributed by atoms with E-state index in [2.05, 4.69) is 29.8 Å². The summed E-state index contributed by atoms with van der Waals surface area (Å²) in [6, 6.07) is 13.6. The molecule has 67 heavy (non-hydrogen) atoms. The Balaban J connectivity index is 1.73. The summed E-state index contributed by atoms with van der Waals surface area (Å²) in [5.74, 6) is -2.72. The minimum absolute atomic E-state index is 0.0703. The molecule has 1 fully saturated rings. The van der Waals surface area contributed by atoms with Gasteiger partial charge in [-0.25, -0.2) is 4.79 Å². The lowest BCUT2D eigenvalue weighted by molar-refractivity contribution is -0.231. The number of carbonyl (C=O) groups excluding carboxylic acids is 5. The zero-order valence-electron chi connectivity index (χ0n) is 40.5. The topological polar surface area (TPSA) is 213 Å². The Labute approximate surface area is 399 Å². The average molecular weight is 939 g/mol. The van der Waals surface area contributed by atoms with Gasteiger partial charge in [-0.1, -0.05) is 184 Å². The molecule has 1 aliphatic rings. The molecule has 1 aliphatic heterocycles. The summed E-state index contributed by atoms with van der Waals surface area (Å²) < 4.78 is 16.9. The van der Waals surface area contributed by atoms with Gasteiger partial charge in [-0.15, -0.1) is 0 Å². The van der Waals surface area contributed by atoms with E-state index in [0.29, 0.717) is 24.0 Å². The normalized spacial score (nSPS) is 18.9. The van der Waals surface area contributed by atoms with Crippen LogP contribution in [0.2, 0.25) is 0 Å². The van der Waals surface area contributed by atoms with Crippen LogP contribution in [0.25, 0.3) is 0 Å². The quantitative estimate of drug-likeness (QED) is 0.0298. The first-order chi connectivity index (χ1) is 32.5. The molecule has 2 aromatic carbocycles. The molecule has 0 bridgehead atoms. The number of hydrogen-bond donors (Lipinski definition) is 6. The number of nitrogens with zero attached hydrogens (tertiary/aromatic N) is 1. The molecule has 0 aliphatic carbocycles. The lowest BCUT2D eigenvalue weighted by Crippen LogP contribution is -2.70. The maximum atomic E-state index is 14.1. The lowest BCUT2D eigenvalue weighted by Gasteiger charge is -2.47. The van der Waals surface area contributed by atoms with Crippen molar-refractivity contribution in [2.45, 2.75) is 211 Å². The standard InChI is InChI=1S/C52H82N4O11/c1-4-6-8-10-12-14-16-18-20-28-34-56(44(58)33-27-19-17-15-13-11-9-7-5-2)51-46(48(61)47(60)43(36-57)67-51)55-49(62)39(3)53-50(63)42(35-45(59)65-37-40-29-23-21-24-30-40)54-52(64)66-38-41-31-25-22-26-32-41/h21-26,29-32,39,42-43,46-48,51,57,60-61H,4-20,27-28,33-38H2,1-3H3,(H,53,63)(H,54,64)(H,55,62)/t39-,42+,43-,46-,47-,48-,51-/m1/s1. The predicted molar refractivity (Wildman–Crippen MR) is 257 cm³/mol. The van der Waals surface area contributed by atoms with Gasteiger partial charge in [-0.2, -0.15) is 0 Å². The van der Waals surface area contributed by atoms with Crippen molar-refractivity contribution >= 4 is 29.8 Å². The van der Waals surface area contributed by atoms with Gasteiger partial charge < -0.3 is 50.4 Å². The molecule has 15 nitrogen and oxygen atoms in total. The highest BCUT2D eigenvalue weighted by molar-refractivity contribution is 5.93. The first kappa shape index (κ1) is 56.8. The number of alkyl carbamates (subject to hydrolysis) is 1. The van der Waals surface area contributed by atoms with Gasteiger partial charge in [-0.05, 0) is 30.9 Å². The molecule has 6 N–H and O–H groups in total. The van der Waals surface area contributed by atoms with Crippen LogP contribution in [0.1, 0.15) is 167 Å². The molecule has 7 atom stereocenters. The Morgan fingerprint density at radius 2 is 1.13 bits per heavy atom. The Kier molecular flexibility index (Phi) is 28.7. The number of carbonyl (C=O) groups is 5. The maximum Gasteiger partial charge on any atom is 0.408 e. The second-order valence-corrected chi connectivity index (χ2v) is 18.0. The SMILES string of the molecule is CCCCCCCCCCCCN(C(=O)CCCCCCCCCCC)[C@@H]1O[C@H](CO)[C@@H](O)[C@H](O)[C@H]1NC(=O)[C@@H](C)NC(=O)[C@H](CC(=O)OCc1ccccc1)NC(=O)OCc1ccccc1. The molecular weight excluding hydrogens is 857 g/mol. The second-order valence-electron chi connectivity index (χ2n) is 18.0. The van der Waals surface area contributed by atoms with Gasteiger partial charge >= 0.3 is 12.1 Å². The van der Waals surface area contributed by atoms with Crippen LogP contribution in [0.4, 0.5) is 4.79 Å². The number of aliphatic hydroxyl groups is 3. The molecule has 1 saturated heterocycles. The number of unbranched alkanes of at least 4 members (excludes halogenated alkanes) is 17. The molecule has 2 aromatic rings. The highest BCUT2D eigenvalue weighted by atomic mass is 16.6. The number of benzene rings is 2. The molecule has 4 amide bonds. The van der Waals surface area contributed by atoms with E-state index in [1.54, 1.807) is 48.5 Å². The van der Waals surface area contributed by atoms with Crippen molar-refractivity contribution in [2.24, 2.45) is 0 Å². The van der Waals surface area contributed by atoms with Gasteiger partial charge in [0, 0.05) is 13.0 Å². The molecule has 1 heterocycles. The van der Waals surface area contributed by atoms with Crippen LogP contribution in [0, 0.1) is 0 Å². The van der Waals surface area contributed by atoms with Crippen molar-refractivity contribution < 1.29 is 53.5 Å². The molecule has 0 aromatic heterocycles. The molecule has 3 rings (SSSR count). The summed E-state index contributed by atoms with van der Waals surface area (Å²) in [5.41, 5.74) is 1.41. The minimum atomic E-state index is -1.66. The summed E-state index contributed by atoms with van der Waals surface area (Å²) in [7, 11) is 0. The van der Waals surface area contributed by atoms with Crippen LogP contribution in [0.3, 0.4) is 0 Å². The Hall–Kier alpha value is -4.57. The fourth-order valence-electron chi connectivity index (χ4n) is 8.16. The lowest BCUT2D eigenvalue weighted by atomic mass is 9.94. The summed E-state index contributed by atoms with van der Waals surface area (Å²) in [5, 5.41) is 40.4. The van der Waals surface area contributed by atoms with Crippen LogP contribution in [0.15, 0.2) is 60.7 Å². The van der Waals surface area contributed by atoms with Crippen LogP contribution < -0.4 is 16.0 Å². The van der Waals surface area contributed by atoms with Crippen molar-refractivity contribution in [3.63, 3.8) is 0 Å². The largest absolute Gasteiger partial charge is 0.461 e. The number of nitrogens with one attached hydrogen (secondary N) is 3. The zero-order chi connectivity index (χ0) is 48.7. The summed E-state index contributed by atoms with van der Waals surface area (Å²) in [6.45, 7) is 5.23.